The number of carboxylic acids is 1. The van der Waals surface area contributed by atoms with Crippen molar-refractivity contribution in [2.24, 2.45) is 0 Å². The number of methoxy groups -OCH3 is 1. The summed E-state index contributed by atoms with van der Waals surface area (Å²) in [7, 11) is 1.31. The van der Waals surface area contributed by atoms with Gasteiger partial charge in [0.05, 0.1) is 6.10 Å². The fourth-order valence-electron chi connectivity index (χ4n) is 1.82. The molecule has 19 heavy (non-hydrogen) atoms. The van der Waals surface area contributed by atoms with Crippen LogP contribution in [-0.2, 0) is 14.3 Å². The minimum Gasteiger partial charge on any atom is -0.480 e. The molecular formula is C11H20O7S. The van der Waals surface area contributed by atoms with Gasteiger partial charge in [-0.3, -0.25) is 4.79 Å². The third-order valence-corrected chi connectivity index (χ3v) is 4.47. The zero-order valence-corrected chi connectivity index (χ0v) is 11.6. The highest BCUT2D eigenvalue weighted by atomic mass is 32.2. The van der Waals surface area contributed by atoms with Crippen LogP contribution in [0, 0.1) is 0 Å². The Morgan fingerprint density at radius 2 is 1.95 bits per heavy atom. The van der Waals surface area contributed by atoms with Crippen LogP contribution >= 0.6 is 11.8 Å². The number of carboxylic acid groups (broad SMARTS) is 1. The van der Waals surface area contributed by atoms with E-state index in [2.05, 4.69) is 0 Å². The Hall–Kier alpha value is -0.380. The SMILES string of the molecule is CCC(SC[C@@H]1O[C@@H](OC)[C@@H](O)[C@@H](O)[C@@H]1O)C(=O)O. The topological polar surface area (TPSA) is 116 Å². The molecule has 1 unspecified atom stereocenters. The Labute approximate surface area is 115 Å². The van der Waals surface area contributed by atoms with Crippen LogP contribution in [0.5, 0.6) is 0 Å². The molecule has 1 heterocycles. The van der Waals surface area contributed by atoms with E-state index in [0.717, 1.165) is 11.8 Å². The van der Waals surface area contributed by atoms with E-state index in [-0.39, 0.29) is 5.75 Å². The predicted octanol–water partition coefficient (Wildman–Crippen LogP) is -0.963. The van der Waals surface area contributed by atoms with Gasteiger partial charge in [-0.2, -0.15) is 0 Å². The standard InChI is InChI=1S/C11H20O7S/c1-3-6(10(15)16)19-4-5-7(12)8(13)9(14)11(17-2)18-5/h5-9,11-14H,3-4H2,1-2H3,(H,15,16)/t5-,6?,7+,8-,9-,11+/m0/s1. The largest absolute Gasteiger partial charge is 0.480 e. The first-order valence-electron chi connectivity index (χ1n) is 5.99. The fourth-order valence-corrected chi connectivity index (χ4v) is 2.90. The van der Waals surface area contributed by atoms with Crippen LogP contribution in [-0.4, -0.2) is 75.2 Å². The molecule has 1 rings (SSSR count). The molecule has 0 aromatic rings. The van der Waals surface area contributed by atoms with Crippen LogP contribution in [0.25, 0.3) is 0 Å². The van der Waals surface area contributed by atoms with E-state index in [1.807, 2.05) is 0 Å². The maximum Gasteiger partial charge on any atom is 0.316 e. The van der Waals surface area contributed by atoms with Crippen LogP contribution in [0.4, 0.5) is 0 Å². The maximum absolute atomic E-state index is 10.9. The minimum absolute atomic E-state index is 0.190. The highest BCUT2D eigenvalue weighted by Crippen LogP contribution is 2.26. The molecule has 1 aliphatic heterocycles. The van der Waals surface area contributed by atoms with Crippen molar-refractivity contribution in [3.05, 3.63) is 0 Å². The second kappa shape index (κ2) is 7.41. The van der Waals surface area contributed by atoms with Gasteiger partial charge in [0.1, 0.15) is 23.6 Å². The number of carbonyl (C=O) groups is 1. The van der Waals surface area contributed by atoms with Crippen LogP contribution < -0.4 is 0 Å². The van der Waals surface area contributed by atoms with Gasteiger partial charge in [0.25, 0.3) is 0 Å². The summed E-state index contributed by atoms with van der Waals surface area (Å²) in [5.41, 5.74) is 0. The molecule has 0 bridgehead atoms. The van der Waals surface area contributed by atoms with Crippen molar-refractivity contribution < 1.29 is 34.7 Å². The Balaban J connectivity index is 2.59. The van der Waals surface area contributed by atoms with Crippen molar-refractivity contribution in [2.75, 3.05) is 12.9 Å². The molecule has 1 saturated heterocycles. The predicted molar refractivity (Wildman–Crippen MR) is 67.9 cm³/mol. The van der Waals surface area contributed by atoms with Crippen LogP contribution in [0.1, 0.15) is 13.3 Å². The van der Waals surface area contributed by atoms with Gasteiger partial charge in [0.2, 0.25) is 0 Å². The zero-order chi connectivity index (χ0) is 14.6. The maximum atomic E-state index is 10.9. The van der Waals surface area contributed by atoms with E-state index in [4.69, 9.17) is 14.6 Å². The zero-order valence-electron chi connectivity index (χ0n) is 10.8. The molecule has 0 aromatic carbocycles. The summed E-state index contributed by atoms with van der Waals surface area (Å²) >= 11 is 1.12. The van der Waals surface area contributed by atoms with E-state index >= 15 is 0 Å². The van der Waals surface area contributed by atoms with E-state index in [1.54, 1.807) is 6.92 Å². The van der Waals surface area contributed by atoms with Crippen molar-refractivity contribution >= 4 is 17.7 Å². The van der Waals surface area contributed by atoms with Crippen molar-refractivity contribution in [3.8, 4) is 0 Å². The number of thioether (sulfide) groups is 1. The van der Waals surface area contributed by atoms with E-state index in [9.17, 15) is 20.1 Å². The van der Waals surface area contributed by atoms with E-state index in [1.165, 1.54) is 7.11 Å². The van der Waals surface area contributed by atoms with Crippen molar-refractivity contribution in [3.63, 3.8) is 0 Å². The molecule has 1 fully saturated rings. The summed E-state index contributed by atoms with van der Waals surface area (Å²) in [5.74, 6) is -0.739. The number of aliphatic hydroxyl groups excluding tert-OH is 3. The van der Waals surface area contributed by atoms with Crippen molar-refractivity contribution in [2.45, 2.75) is 49.3 Å². The summed E-state index contributed by atoms with van der Waals surface area (Å²) in [4.78, 5) is 10.9. The number of ether oxygens (including phenoxy) is 2. The Kier molecular flexibility index (Phi) is 6.51. The lowest BCUT2D eigenvalue weighted by molar-refractivity contribution is -0.284. The Bertz CT molecular complexity index is 299. The summed E-state index contributed by atoms with van der Waals surface area (Å²) in [6.45, 7) is 1.75. The molecule has 7 nitrogen and oxygen atoms in total. The molecule has 0 saturated carbocycles. The number of hydrogen-bond donors (Lipinski definition) is 4. The molecule has 6 atom stereocenters. The van der Waals surface area contributed by atoms with Gasteiger partial charge in [0, 0.05) is 12.9 Å². The van der Waals surface area contributed by atoms with Crippen molar-refractivity contribution in [1.29, 1.82) is 0 Å². The lowest BCUT2D eigenvalue weighted by atomic mass is 10.00. The molecule has 1 aliphatic rings. The average Bonchev–Trinajstić information content (AvgIpc) is 2.38. The molecule has 0 aliphatic carbocycles. The monoisotopic (exact) mass is 296 g/mol. The summed E-state index contributed by atoms with van der Waals surface area (Å²) < 4.78 is 10.2. The quantitative estimate of drug-likeness (QED) is 0.495. The van der Waals surface area contributed by atoms with Gasteiger partial charge >= 0.3 is 5.97 Å². The molecular weight excluding hydrogens is 276 g/mol. The molecule has 0 aromatic heterocycles. The number of hydrogen-bond acceptors (Lipinski definition) is 7. The summed E-state index contributed by atoms with van der Waals surface area (Å²) in [6.07, 6.45) is -5.37. The molecule has 0 spiro atoms. The smallest absolute Gasteiger partial charge is 0.316 e. The normalized spacial score (nSPS) is 37.0. The van der Waals surface area contributed by atoms with Gasteiger partial charge in [-0.25, -0.2) is 0 Å². The molecule has 8 heteroatoms. The summed E-state index contributed by atoms with van der Waals surface area (Å²) in [6, 6.07) is 0. The number of rotatable bonds is 6. The molecule has 112 valence electrons. The second-order valence-corrected chi connectivity index (χ2v) is 5.55. The van der Waals surface area contributed by atoms with Gasteiger partial charge < -0.3 is 29.9 Å². The second-order valence-electron chi connectivity index (χ2n) is 4.32. The number of aliphatic hydroxyl groups is 3. The minimum atomic E-state index is -1.38. The highest BCUT2D eigenvalue weighted by molar-refractivity contribution is 8.00. The highest BCUT2D eigenvalue weighted by Gasteiger charge is 2.44. The van der Waals surface area contributed by atoms with Crippen LogP contribution in [0.15, 0.2) is 0 Å². The fraction of sp³-hybridized carbons (Fsp3) is 0.909. The number of aliphatic carboxylic acids is 1. The Morgan fingerprint density at radius 1 is 1.32 bits per heavy atom. The third kappa shape index (κ3) is 4.04. The average molecular weight is 296 g/mol. The molecule has 0 radical (unpaired) electrons. The molecule has 4 N–H and O–H groups in total. The van der Waals surface area contributed by atoms with Crippen LogP contribution in [0.2, 0.25) is 0 Å². The van der Waals surface area contributed by atoms with Gasteiger partial charge in [-0.1, -0.05) is 6.92 Å². The third-order valence-electron chi connectivity index (χ3n) is 3.01. The van der Waals surface area contributed by atoms with Crippen LogP contribution in [0.3, 0.4) is 0 Å². The van der Waals surface area contributed by atoms with Gasteiger partial charge in [-0.05, 0) is 6.42 Å². The van der Waals surface area contributed by atoms with E-state index in [0.29, 0.717) is 6.42 Å². The van der Waals surface area contributed by atoms with Gasteiger partial charge in [0.15, 0.2) is 6.29 Å². The first kappa shape index (κ1) is 16.7. The van der Waals surface area contributed by atoms with Gasteiger partial charge in [-0.15, -0.1) is 11.8 Å². The first-order chi connectivity index (χ1) is 8.92. The Morgan fingerprint density at radius 3 is 2.42 bits per heavy atom. The van der Waals surface area contributed by atoms with E-state index < -0.39 is 41.9 Å². The lowest BCUT2D eigenvalue weighted by Gasteiger charge is -2.39. The lowest BCUT2D eigenvalue weighted by Crippen LogP contribution is -2.58. The summed E-state index contributed by atoms with van der Waals surface area (Å²) in [5, 5.41) is 37.4. The first-order valence-corrected chi connectivity index (χ1v) is 7.04. The molecule has 0 amide bonds. The van der Waals surface area contributed by atoms with Crippen molar-refractivity contribution in [1.82, 2.24) is 0 Å².